The molecule has 0 saturated heterocycles. The van der Waals surface area contributed by atoms with Crippen LogP contribution in [0.4, 0.5) is 0 Å². The Morgan fingerprint density at radius 3 is 2.50 bits per heavy atom. The molecular weight excluding hydrogens is 449 g/mol. The largest absolute Gasteiger partial charge is 0.446 e. The number of aromatic nitrogens is 2. The van der Waals surface area contributed by atoms with Gasteiger partial charge in [-0.3, -0.25) is 14.0 Å². The minimum Gasteiger partial charge on any atom is -0.446 e. The van der Waals surface area contributed by atoms with Gasteiger partial charge in [0.1, 0.15) is 11.4 Å². The molecule has 0 unspecified atom stereocenters. The summed E-state index contributed by atoms with van der Waals surface area (Å²) >= 11 is 1.25. The summed E-state index contributed by atoms with van der Waals surface area (Å²) in [5.74, 6) is 0.137. The minimum atomic E-state index is -3.18. The van der Waals surface area contributed by atoms with Crippen molar-refractivity contribution in [1.29, 1.82) is 0 Å². The number of rotatable bonds is 9. The molecular formula is C22H26N3O5PS. The maximum absolute atomic E-state index is 12.8. The van der Waals surface area contributed by atoms with E-state index in [0.717, 1.165) is 40.8 Å². The Hall–Kier alpha value is -2.45. The number of carbonyl (C=O) groups is 1. The molecule has 0 saturated carbocycles. The summed E-state index contributed by atoms with van der Waals surface area (Å²) < 4.78 is 31.5. The quantitative estimate of drug-likeness (QED) is 0.441. The molecule has 170 valence electrons. The zero-order valence-electron chi connectivity index (χ0n) is 18.3. The van der Waals surface area contributed by atoms with Gasteiger partial charge in [-0.1, -0.05) is 23.5 Å². The van der Waals surface area contributed by atoms with Crippen LogP contribution in [0.15, 0.2) is 30.5 Å². The predicted molar refractivity (Wildman–Crippen MR) is 124 cm³/mol. The average molecular weight is 476 g/mol. The third-order valence-corrected chi connectivity index (χ3v) is 8.33. The maximum atomic E-state index is 12.8. The van der Waals surface area contributed by atoms with Crippen molar-refractivity contribution in [2.24, 2.45) is 12.8 Å². The van der Waals surface area contributed by atoms with Crippen LogP contribution in [0.5, 0.6) is 10.8 Å². The lowest BCUT2D eigenvalue weighted by Gasteiger charge is -2.17. The molecule has 1 aliphatic rings. The lowest BCUT2D eigenvalue weighted by atomic mass is 9.92. The van der Waals surface area contributed by atoms with Gasteiger partial charge in [0.05, 0.1) is 29.8 Å². The highest BCUT2D eigenvalue weighted by Gasteiger charge is 2.31. The second-order valence-corrected chi connectivity index (χ2v) is 10.5. The lowest BCUT2D eigenvalue weighted by Crippen LogP contribution is -2.13. The normalized spacial score (nSPS) is 13.0. The summed E-state index contributed by atoms with van der Waals surface area (Å²) in [6.07, 6.45) is 3.70. The van der Waals surface area contributed by atoms with Gasteiger partial charge >= 0.3 is 7.60 Å². The molecule has 0 fully saturated rings. The Morgan fingerprint density at radius 1 is 1.19 bits per heavy atom. The van der Waals surface area contributed by atoms with E-state index in [2.05, 4.69) is 5.10 Å². The van der Waals surface area contributed by atoms with Crippen LogP contribution in [-0.2, 0) is 39.7 Å². The second kappa shape index (κ2) is 9.19. The van der Waals surface area contributed by atoms with Crippen LogP contribution in [0.1, 0.15) is 40.2 Å². The number of aryl methyl sites for hydroxylation is 2. The van der Waals surface area contributed by atoms with E-state index < -0.39 is 13.5 Å². The van der Waals surface area contributed by atoms with E-state index in [9.17, 15) is 9.36 Å². The maximum Gasteiger partial charge on any atom is 0.335 e. The summed E-state index contributed by atoms with van der Waals surface area (Å²) in [7, 11) is -1.30. The van der Waals surface area contributed by atoms with Crippen LogP contribution in [0.3, 0.4) is 0 Å². The Labute approximate surface area is 190 Å². The van der Waals surface area contributed by atoms with Crippen molar-refractivity contribution in [3.63, 3.8) is 0 Å². The van der Waals surface area contributed by atoms with Gasteiger partial charge in [0.25, 0.3) is 5.91 Å². The number of primary amides is 1. The summed E-state index contributed by atoms with van der Waals surface area (Å²) in [6.45, 7) is 4.22. The van der Waals surface area contributed by atoms with Crippen molar-refractivity contribution in [2.45, 2.75) is 32.9 Å². The molecule has 1 aromatic carbocycles. The van der Waals surface area contributed by atoms with Gasteiger partial charge in [-0.2, -0.15) is 5.10 Å². The first-order valence-corrected chi connectivity index (χ1v) is 13.0. The number of benzene rings is 1. The molecule has 1 aliphatic carbocycles. The number of nitrogens with two attached hydrogens (primary N) is 1. The molecule has 0 spiro atoms. The number of hydrogen-bond acceptors (Lipinski definition) is 7. The molecule has 0 aliphatic heterocycles. The molecule has 1 amide bonds. The first kappa shape index (κ1) is 22.7. The van der Waals surface area contributed by atoms with Crippen molar-refractivity contribution >= 4 is 24.8 Å². The standard InChI is InChI=1S/C22H26N3O5PS/c1-4-28-31(27,29-5-2)13-14-6-9-16(10-7-14)30-22-18-17(20(32-22)21(23)26)11-8-15-12-25(3)24-19(15)18/h6-7,9-10,12H,4-5,8,11,13H2,1-3H3,(H2,23,26). The van der Waals surface area contributed by atoms with E-state index in [-0.39, 0.29) is 6.16 Å². The number of amides is 1. The van der Waals surface area contributed by atoms with Crippen molar-refractivity contribution in [3.05, 3.63) is 52.0 Å². The first-order valence-electron chi connectivity index (χ1n) is 10.5. The molecule has 4 rings (SSSR count). The molecule has 10 heteroatoms. The van der Waals surface area contributed by atoms with Crippen LogP contribution >= 0.6 is 18.9 Å². The first-order chi connectivity index (χ1) is 15.3. The molecule has 0 atom stereocenters. The van der Waals surface area contributed by atoms with Crippen LogP contribution in [-0.4, -0.2) is 28.9 Å². The van der Waals surface area contributed by atoms with Gasteiger partial charge in [0.2, 0.25) is 0 Å². The zero-order chi connectivity index (χ0) is 22.9. The Morgan fingerprint density at radius 2 is 1.88 bits per heavy atom. The van der Waals surface area contributed by atoms with Crippen molar-refractivity contribution in [2.75, 3.05) is 13.2 Å². The SMILES string of the molecule is CCOP(=O)(Cc1ccc(Oc2sc(C(N)=O)c3c2-c2nn(C)cc2CC3)cc1)OCC. The Bertz CT molecular complexity index is 1180. The van der Waals surface area contributed by atoms with E-state index in [1.165, 1.54) is 11.3 Å². The summed E-state index contributed by atoms with van der Waals surface area (Å²) in [6, 6.07) is 7.27. The number of nitrogens with zero attached hydrogens (tertiary/aromatic N) is 2. The highest BCUT2D eigenvalue weighted by molar-refractivity contribution is 7.53. The number of hydrogen-bond donors (Lipinski definition) is 1. The number of ether oxygens (including phenoxy) is 1. The van der Waals surface area contributed by atoms with Gasteiger partial charge in [-0.25, -0.2) is 0 Å². The molecule has 2 heterocycles. The van der Waals surface area contributed by atoms with E-state index in [4.69, 9.17) is 19.5 Å². The molecule has 0 radical (unpaired) electrons. The van der Waals surface area contributed by atoms with Crippen molar-refractivity contribution < 1.29 is 23.1 Å². The third kappa shape index (κ3) is 4.52. The van der Waals surface area contributed by atoms with Crippen LogP contribution in [0, 0.1) is 0 Å². The highest BCUT2D eigenvalue weighted by Crippen LogP contribution is 2.52. The summed E-state index contributed by atoms with van der Waals surface area (Å²) in [5, 5.41) is 5.18. The fraction of sp³-hybridized carbons (Fsp3) is 0.364. The molecule has 8 nitrogen and oxygen atoms in total. The number of fused-ring (bicyclic) bond motifs is 3. The fourth-order valence-electron chi connectivity index (χ4n) is 3.90. The van der Waals surface area contributed by atoms with E-state index in [1.807, 2.05) is 25.4 Å². The minimum absolute atomic E-state index is 0.187. The van der Waals surface area contributed by atoms with Gasteiger partial charge in [-0.15, -0.1) is 0 Å². The Kier molecular flexibility index (Phi) is 6.53. The van der Waals surface area contributed by atoms with Gasteiger partial charge in [0.15, 0.2) is 5.06 Å². The number of thiophene rings is 1. The van der Waals surface area contributed by atoms with Gasteiger partial charge < -0.3 is 19.5 Å². The van der Waals surface area contributed by atoms with Gasteiger partial charge in [-0.05, 0) is 55.5 Å². The summed E-state index contributed by atoms with van der Waals surface area (Å²) in [5.41, 5.74) is 10.1. The zero-order valence-corrected chi connectivity index (χ0v) is 20.0. The molecule has 3 aromatic rings. The van der Waals surface area contributed by atoms with E-state index in [1.54, 1.807) is 30.7 Å². The van der Waals surface area contributed by atoms with Crippen LogP contribution in [0.2, 0.25) is 0 Å². The van der Waals surface area contributed by atoms with E-state index in [0.29, 0.717) is 28.9 Å². The van der Waals surface area contributed by atoms with Crippen molar-refractivity contribution in [3.8, 4) is 22.1 Å². The molecule has 32 heavy (non-hydrogen) atoms. The van der Waals surface area contributed by atoms with Crippen LogP contribution in [0.25, 0.3) is 11.3 Å². The molecule has 2 aromatic heterocycles. The summed E-state index contributed by atoms with van der Waals surface area (Å²) in [4.78, 5) is 12.6. The molecule has 2 N–H and O–H groups in total. The average Bonchev–Trinajstić information content (AvgIpc) is 3.29. The van der Waals surface area contributed by atoms with Crippen LogP contribution < -0.4 is 10.5 Å². The van der Waals surface area contributed by atoms with Crippen molar-refractivity contribution in [1.82, 2.24) is 9.78 Å². The van der Waals surface area contributed by atoms with Gasteiger partial charge in [0, 0.05) is 13.2 Å². The smallest absolute Gasteiger partial charge is 0.335 e. The second-order valence-electron chi connectivity index (χ2n) is 7.46. The lowest BCUT2D eigenvalue weighted by molar-refractivity contribution is 0.100. The molecule has 0 bridgehead atoms. The number of carbonyl (C=O) groups excluding carboxylic acids is 1. The fourth-order valence-corrected chi connectivity index (χ4v) is 6.67. The monoisotopic (exact) mass is 475 g/mol. The topological polar surface area (TPSA) is 106 Å². The Balaban J connectivity index is 1.62. The highest BCUT2D eigenvalue weighted by atomic mass is 32.1. The van der Waals surface area contributed by atoms with E-state index >= 15 is 0 Å². The predicted octanol–water partition coefficient (Wildman–Crippen LogP) is 4.90. The third-order valence-electron chi connectivity index (χ3n) is 5.15.